The molecule has 1 heterocycles. The largest absolute Gasteiger partial charge is 0.410 e. The number of pyridine rings is 1. The van der Waals surface area contributed by atoms with E-state index in [1.807, 2.05) is 6.92 Å². The Labute approximate surface area is 70.4 Å². The molecule has 0 spiro atoms. The molecule has 0 aliphatic carbocycles. The lowest BCUT2D eigenvalue weighted by atomic mass is 10.3. The van der Waals surface area contributed by atoms with Crippen LogP contribution < -0.4 is 10.5 Å². The smallest absolute Gasteiger partial charge is 0.409 e. The summed E-state index contributed by atoms with van der Waals surface area (Å²) < 4.78 is 4.66. The van der Waals surface area contributed by atoms with Crippen molar-refractivity contribution >= 4 is 6.09 Å². The molecular weight excluding hydrogens is 156 g/mol. The molecule has 0 saturated heterocycles. The number of ether oxygens (including phenoxy) is 1. The number of carbonyl (C=O) groups excluding carboxylic acids is 1. The standard InChI is InChI=1S/C8H10N2O2/c1-2-6-5-7(3-4-10-6)12-8(9)11/h3-5H,2H2,1H3,(H2,9,11). The highest BCUT2D eigenvalue weighted by Crippen LogP contribution is 2.10. The van der Waals surface area contributed by atoms with Crippen molar-refractivity contribution in [3.05, 3.63) is 24.0 Å². The number of amides is 1. The Balaban J connectivity index is 2.79. The van der Waals surface area contributed by atoms with Gasteiger partial charge in [-0.15, -0.1) is 0 Å². The molecule has 0 aliphatic heterocycles. The monoisotopic (exact) mass is 166 g/mol. The highest BCUT2D eigenvalue weighted by Gasteiger charge is 1.98. The van der Waals surface area contributed by atoms with Crippen LogP contribution in [0, 0.1) is 0 Å². The Kier molecular flexibility index (Phi) is 2.63. The Morgan fingerprint density at radius 3 is 3.08 bits per heavy atom. The van der Waals surface area contributed by atoms with E-state index >= 15 is 0 Å². The molecule has 0 radical (unpaired) electrons. The van der Waals surface area contributed by atoms with E-state index in [-0.39, 0.29) is 0 Å². The summed E-state index contributed by atoms with van der Waals surface area (Å²) in [6, 6.07) is 3.27. The number of nitrogens with two attached hydrogens (primary N) is 1. The third-order valence-corrected chi connectivity index (χ3v) is 1.37. The van der Waals surface area contributed by atoms with E-state index in [9.17, 15) is 4.79 Å². The van der Waals surface area contributed by atoms with Crippen LogP contribution in [0.15, 0.2) is 18.3 Å². The fraction of sp³-hybridized carbons (Fsp3) is 0.250. The Morgan fingerprint density at radius 2 is 2.50 bits per heavy atom. The molecule has 1 rings (SSSR count). The second-order valence-corrected chi connectivity index (χ2v) is 2.26. The summed E-state index contributed by atoms with van der Waals surface area (Å²) in [5.74, 6) is 0.439. The molecule has 1 aromatic rings. The molecule has 0 saturated carbocycles. The molecule has 0 unspecified atom stereocenters. The Hall–Kier alpha value is -1.58. The van der Waals surface area contributed by atoms with Gasteiger partial charge in [-0.05, 0) is 12.5 Å². The molecule has 1 amide bonds. The topological polar surface area (TPSA) is 65.2 Å². The number of nitrogens with zero attached hydrogens (tertiary/aromatic N) is 1. The maximum Gasteiger partial charge on any atom is 0.409 e. The second kappa shape index (κ2) is 3.71. The summed E-state index contributed by atoms with van der Waals surface area (Å²) in [6.07, 6.45) is 1.58. The predicted molar refractivity (Wildman–Crippen MR) is 43.8 cm³/mol. The van der Waals surface area contributed by atoms with Crippen LogP contribution in [0.3, 0.4) is 0 Å². The average molecular weight is 166 g/mol. The van der Waals surface area contributed by atoms with Gasteiger partial charge in [0.15, 0.2) is 0 Å². The number of rotatable bonds is 2. The second-order valence-electron chi connectivity index (χ2n) is 2.26. The third kappa shape index (κ3) is 2.23. The van der Waals surface area contributed by atoms with Crippen LogP contribution in [0.2, 0.25) is 0 Å². The highest BCUT2D eigenvalue weighted by atomic mass is 16.5. The van der Waals surface area contributed by atoms with Gasteiger partial charge in [0.1, 0.15) is 5.75 Å². The van der Waals surface area contributed by atoms with Crippen LogP contribution in [0.1, 0.15) is 12.6 Å². The lowest BCUT2D eigenvalue weighted by Crippen LogP contribution is -2.16. The number of aromatic nitrogens is 1. The Bertz CT molecular complexity index is 286. The van der Waals surface area contributed by atoms with Gasteiger partial charge in [0.25, 0.3) is 0 Å². The lowest BCUT2D eigenvalue weighted by molar-refractivity contribution is 0.211. The maximum absolute atomic E-state index is 10.3. The zero-order valence-corrected chi connectivity index (χ0v) is 6.78. The molecule has 4 nitrogen and oxygen atoms in total. The molecule has 0 fully saturated rings. The van der Waals surface area contributed by atoms with Crippen molar-refractivity contribution in [2.45, 2.75) is 13.3 Å². The van der Waals surface area contributed by atoms with Gasteiger partial charge in [-0.2, -0.15) is 0 Å². The minimum atomic E-state index is -0.803. The number of hydrogen-bond acceptors (Lipinski definition) is 3. The first-order valence-electron chi connectivity index (χ1n) is 3.64. The summed E-state index contributed by atoms with van der Waals surface area (Å²) >= 11 is 0. The van der Waals surface area contributed by atoms with Gasteiger partial charge >= 0.3 is 6.09 Å². The van der Waals surface area contributed by atoms with Gasteiger partial charge in [0.2, 0.25) is 0 Å². The summed E-state index contributed by atoms with van der Waals surface area (Å²) in [4.78, 5) is 14.4. The Morgan fingerprint density at radius 1 is 1.75 bits per heavy atom. The third-order valence-electron chi connectivity index (χ3n) is 1.37. The molecule has 1 aromatic heterocycles. The first-order valence-corrected chi connectivity index (χ1v) is 3.64. The summed E-state index contributed by atoms with van der Waals surface area (Å²) in [6.45, 7) is 1.97. The van der Waals surface area contributed by atoms with E-state index in [1.54, 1.807) is 18.3 Å². The van der Waals surface area contributed by atoms with Gasteiger partial charge in [0.05, 0.1) is 0 Å². The highest BCUT2D eigenvalue weighted by molar-refractivity contribution is 5.67. The molecule has 4 heteroatoms. The number of aryl methyl sites for hydroxylation is 1. The van der Waals surface area contributed by atoms with Crippen molar-refractivity contribution in [1.82, 2.24) is 4.98 Å². The van der Waals surface area contributed by atoms with E-state index in [0.717, 1.165) is 12.1 Å². The number of hydrogen-bond donors (Lipinski definition) is 1. The van der Waals surface area contributed by atoms with E-state index in [2.05, 4.69) is 9.72 Å². The minimum Gasteiger partial charge on any atom is -0.410 e. The van der Waals surface area contributed by atoms with Crippen molar-refractivity contribution in [1.29, 1.82) is 0 Å². The van der Waals surface area contributed by atoms with Crippen molar-refractivity contribution in [2.75, 3.05) is 0 Å². The molecule has 12 heavy (non-hydrogen) atoms. The van der Waals surface area contributed by atoms with Gasteiger partial charge in [-0.1, -0.05) is 6.92 Å². The molecular formula is C8H10N2O2. The number of primary amides is 1. The van der Waals surface area contributed by atoms with Crippen LogP contribution >= 0.6 is 0 Å². The van der Waals surface area contributed by atoms with Crippen molar-refractivity contribution < 1.29 is 9.53 Å². The molecule has 2 N–H and O–H groups in total. The van der Waals surface area contributed by atoms with Gasteiger partial charge in [-0.25, -0.2) is 4.79 Å². The van der Waals surface area contributed by atoms with Gasteiger partial charge in [-0.3, -0.25) is 4.98 Å². The summed E-state index contributed by atoms with van der Waals surface area (Å²) in [5, 5.41) is 0. The fourth-order valence-electron chi connectivity index (χ4n) is 0.829. The average Bonchev–Trinajstić information content (AvgIpc) is 2.03. The van der Waals surface area contributed by atoms with Crippen LogP contribution in [0.4, 0.5) is 4.79 Å². The fourth-order valence-corrected chi connectivity index (χ4v) is 0.829. The molecule has 0 aliphatic rings. The van der Waals surface area contributed by atoms with Crippen molar-refractivity contribution in [3.63, 3.8) is 0 Å². The summed E-state index contributed by atoms with van der Waals surface area (Å²) in [5.41, 5.74) is 5.70. The first-order chi connectivity index (χ1) is 5.72. The normalized spacial score (nSPS) is 9.42. The van der Waals surface area contributed by atoms with Crippen LogP contribution in [0.5, 0.6) is 5.75 Å². The number of carbonyl (C=O) groups is 1. The minimum absolute atomic E-state index is 0.439. The van der Waals surface area contributed by atoms with E-state index < -0.39 is 6.09 Å². The molecule has 0 bridgehead atoms. The molecule has 64 valence electrons. The maximum atomic E-state index is 10.3. The predicted octanol–water partition coefficient (Wildman–Crippen LogP) is 1.10. The van der Waals surface area contributed by atoms with Crippen molar-refractivity contribution in [2.24, 2.45) is 5.73 Å². The molecule has 0 aromatic carbocycles. The van der Waals surface area contributed by atoms with Crippen molar-refractivity contribution in [3.8, 4) is 5.75 Å². The first kappa shape index (κ1) is 8.52. The van der Waals surface area contributed by atoms with E-state index in [1.165, 1.54) is 0 Å². The quantitative estimate of drug-likeness (QED) is 0.715. The van der Waals surface area contributed by atoms with Gasteiger partial charge in [0, 0.05) is 18.0 Å². The van der Waals surface area contributed by atoms with Crippen LogP contribution in [-0.2, 0) is 6.42 Å². The SMILES string of the molecule is CCc1cc(OC(N)=O)ccn1. The van der Waals surface area contributed by atoms with E-state index in [4.69, 9.17) is 5.73 Å². The lowest BCUT2D eigenvalue weighted by Gasteiger charge is -2.00. The van der Waals surface area contributed by atoms with Crippen LogP contribution in [-0.4, -0.2) is 11.1 Å². The van der Waals surface area contributed by atoms with Gasteiger partial charge < -0.3 is 10.5 Å². The zero-order valence-electron chi connectivity index (χ0n) is 6.78. The molecule has 0 atom stereocenters. The zero-order chi connectivity index (χ0) is 8.97. The van der Waals surface area contributed by atoms with E-state index in [0.29, 0.717) is 5.75 Å². The summed E-state index contributed by atoms with van der Waals surface area (Å²) in [7, 11) is 0. The van der Waals surface area contributed by atoms with Crippen LogP contribution in [0.25, 0.3) is 0 Å².